The molecule has 2 rings (SSSR count). The molecule has 1 aliphatic rings. The summed E-state index contributed by atoms with van der Waals surface area (Å²) >= 11 is 1.87. The highest BCUT2D eigenvalue weighted by Gasteiger charge is 2.18. The first kappa shape index (κ1) is 20.8. The highest BCUT2D eigenvalue weighted by atomic mass is 35.5. The summed E-state index contributed by atoms with van der Waals surface area (Å²) in [5.74, 6) is 1.85. The second-order valence-corrected chi connectivity index (χ2v) is 6.43. The highest BCUT2D eigenvalue weighted by Crippen LogP contribution is 2.16. The third kappa shape index (κ3) is 6.68. The van der Waals surface area contributed by atoms with Crippen LogP contribution in [0.2, 0.25) is 0 Å². The quantitative estimate of drug-likeness (QED) is 0.708. The smallest absolute Gasteiger partial charge is 0.253 e. The van der Waals surface area contributed by atoms with Gasteiger partial charge in [0.1, 0.15) is 0 Å². The van der Waals surface area contributed by atoms with Gasteiger partial charge in [-0.1, -0.05) is 6.07 Å². The van der Waals surface area contributed by atoms with Crippen LogP contribution in [0.15, 0.2) is 24.3 Å². The summed E-state index contributed by atoms with van der Waals surface area (Å²) in [5.41, 5.74) is 1.25. The Bertz CT molecular complexity index is 539. The zero-order chi connectivity index (χ0) is 16.5. The lowest BCUT2D eigenvalue weighted by Crippen LogP contribution is -2.37. The monoisotopic (exact) mass is 373 g/mol. The Hall–Kier alpha value is -1.28. The Labute approximate surface area is 153 Å². The van der Waals surface area contributed by atoms with E-state index in [1.807, 2.05) is 16.7 Å². The summed E-state index contributed by atoms with van der Waals surface area (Å²) in [6.45, 7) is 2.96. The normalized spacial score (nSPS) is 14.0. The highest BCUT2D eigenvalue weighted by molar-refractivity contribution is 7.99. The maximum atomic E-state index is 12.5. The number of carbonyl (C=O) groups is 2. The van der Waals surface area contributed by atoms with Crippen molar-refractivity contribution in [3.63, 3.8) is 0 Å². The van der Waals surface area contributed by atoms with E-state index in [0.717, 1.165) is 24.6 Å². The molecule has 1 aromatic carbocycles. The Morgan fingerprint density at radius 1 is 1.29 bits per heavy atom. The van der Waals surface area contributed by atoms with Gasteiger partial charge in [-0.05, 0) is 18.2 Å². The van der Waals surface area contributed by atoms with Gasteiger partial charge >= 0.3 is 0 Å². The molecule has 0 atom stereocenters. The molecule has 1 saturated heterocycles. The number of carbonyl (C=O) groups excluding carboxylic acids is 2. The van der Waals surface area contributed by atoms with Gasteiger partial charge < -0.3 is 20.3 Å². The van der Waals surface area contributed by atoms with Gasteiger partial charge in [0.25, 0.3) is 5.91 Å². The number of benzene rings is 1. The topological polar surface area (TPSA) is 70.7 Å². The average molecular weight is 374 g/mol. The minimum atomic E-state index is -0.139. The molecule has 2 amide bonds. The molecule has 6 nitrogen and oxygen atoms in total. The molecule has 1 aliphatic heterocycles. The fraction of sp³-hybridized carbons (Fsp3) is 0.500. The van der Waals surface area contributed by atoms with Crippen molar-refractivity contribution in [2.75, 3.05) is 56.7 Å². The second-order valence-electron chi connectivity index (χ2n) is 5.20. The number of halogens is 1. The minimum absolute atomic E-state index is 0. The molecule has 1 aromatic rings. The number of amides is 2. The number of thioether (sulfide) groups is 1. The lowest BCUT2D eigenvalue weighted by molar-refractivity contribution is -0.115. The molecule has 0 aromatic heterocycles. The lowest BCUT2D eigenvalue weighted by atomic mass is 10.1. The Morgan fingerprint density at radius 3 is 2.75 bits per heavy atom. The standard InChI is InChI=1S/C16H23N3O3S.ClH/c1-22-8-5-17-12-15(20)18-14-4-2-3-13(11-14)16(21)19-6-9-23-10-7-19;/h2-4,11,17H,5-10,12H2,1H3,(H,18,20);1H. The number of ether oxygens (including phenoxy) is 1. The summed E-state index contributed by atoms with van der Waals surface area (Å²) < 4.78 is 4.90. The van der Waals surface area contributed by atoms with Gasteiger partial charge in [0.2, 0.25) is 5.91 Å². The third-order valence-corrected chi connectivity index (χ3v) is 4.40. The first-order valence-electron chi connectivity index (χ1n) is 7.67. The van der Waals surface area contributed by atoms with E-state index < -0.39 is 0 Å². The Balaban J connectivity index is 0.00000288. The average Bonchev–Trinajstić information content (AvgIpc) is 2.59. The minimum Gasteiger partial charge on any atom is -0.383 e. The van der Waals surface area contributed by atoms with Crippen LogP contribution in [0.5, 0.6) is 0 Å². The zero-order valence-corrected chi connectivity index (χ0v) is 15.4. The number of hydrogen-bond donors (Lipinski definition) is 2. The molecule has 0 aliphatic carbocycles. The zero-order valence-electron chi connectivity index (χ0n) is 13.7. The van der Waals surface area contributed by atoms with E-state index >= 15 is 0 Å². The van der Waals surface area contributed by atoms with Crippen molar-refractivity contribution in [3.05, 3.63) is 29.8 Å². The van der Waals surface area contributed by atoms with Crippen molar-refractivity contribution in [2.45, 2.75) is 0 Å². The molecule has 0 saturated carbocycles. The number of nitrogens with zero attached hydrogens (tertiary/aromatic N) is 1. The fourth-order valence-corrected chi connectivity index (χ4v) is 3.16. The van der Waals surface area contributed by atoms with E-state index in [-0.39, 0.29) is 30.8 Å². The van der Waals surface area contributed by atoms with Crippen molar-refractivity contribution in [1.82, 2.24) is 10.2 Å². The number of nitrogens with one attached hydrogen (secondary N) is 2. The summed E-state index contributed by atoms with van der Waals surface area (Å²) in [6, 6.07) is 7.10. The van der Waals surface area contributed by atoms with Crippen LogP contribution in [0.3, 0.4) is 0 Å². The molecular formula is C16H24ClN3O3S. The number of methoxy groups -OCH3 is 1. The number of rotatable bonds is 7. The second kappa shape index (κ2) is 11.3. The maximum Gasteiger partial charge on any atom is 0.253 e. The van der Waals surface area contributed by atoms with Gasteiger partial charge in [0.15, 0.2) is 0 Å². The number of hydrogen-bond acceptors (Lipinski definition) is 5. The van der Waals surface area contributed by atoms with Crippen molar-refractivity contribution < 1.29 is 14.3 Å². The Kier molecular flexibility index (Phi) is 9.78. The van der Waals surface area contributed by atoms with Crippen LogP contribution in [-0.4, -0.2) is 68.1 Å². The molecular weight excluding hydrogens is 350 g/mol. The van der Waals surface area contributed by atoms with Crippen LogP contribution in [0, 0.1) is 0 Å². The molecule has 1 fully saturated rings. The summed E-state index contributed by atoms with van der Waals surface area (Å²) in [5, 5.41) is 5.78. The SMILES string of the molecule is COCCNCC(=O)Nc1cccc(C(=O)N2CCSCC2)c1.Cl. The van der Waals surface area contributed by atoms with Crippen LogP contribution in [-0.2, 0) is 9.53 Å². The van der Waals surface area contributed by atoms with Crippen LogP contribution < -0.4 is 10.6 Å². The van der Waals surface area contributed by atoms with Crippen LogP contribution in [0.25, 0.3) is 0 Å². The largest absolute Gasteiger partial charge is 0.383 e. The van der Waals surface area contributed by atoms with Gasteiger partial charge in [-0.15, -0.1) is 12.4 Å². The molecule has 24 heavy (non-hydrogen) atoms. The van der Waals surface area contributed by atoms with E-state index in [1.165, 1.54) is 0 Å². The van der Waals surface area contributed by atoms with E-state index in [2.05, 4.69) is 10.6 Å². The first-order valence-corrected chi connectivity index (χ1v) is 8.83. The van der Waals surface area contributed by atoms with Gasteiger partial charge in [0, 0.05) is 49.5 Å². The van der Waals surface area contributed by atoms with Crippen molar-refractivity contribution >= 4 is 41.7 Å². The van der Waals surface area contributed by atoms with Crippen LogP contribution in [0.4, 0.5) is 5.69 Å². The number of anilines is 1. The molecule has 0 spiro atoms. The van der Waals surface area contributed by atoms with E-state index in [4.69, 9.17) is 4.74 Å². The van der Waals surface area contributed by atoms with Crippen molar-refractivity contribution in [2.24, 2.45) is 0 Å². The summed E-state index contributed by atoms with van der Waals surface area (Å²) in [6.07, 6.45) is 0. The van der Waals surface area contributed by atoms with E-state index in [9.17, 15) is 9.59 Å². The van der Waals surface area contributed by atoms with Crippen molar-refractivity contribution in [1.29, 1.82) is 0 Å². The predicted molar refractivity (Wildman–Crippen MR) is 100 cm³/mol. The molecule has 8 heteroatoms. The molecule has 134 valence electrons. The van der Waals surface area contributed by atoms with Gasteiger partial charge in [-0.3, -0.25) is 9.59 Å². The van der Waals surface area contributed by atoms with Crippen molar-refractivity contribution in [3.8, 4) is 0 Å². The summed E-state index contributed by atoms with van der Waals surface area (Å²) in [4.78, 5) is 26.2. The molecule has 0 unspecified atom stereocenters. The van der Waals surface area contributed by atoms with Gasteiger partial charge in [0.05, 0.1) is 13.2 Å². The third-order valence-electron chi connectivity index (χ3n) is 3.46. The first-order chi connectivity index (χ1) is 11.2. The lowest BCUT2D eigenvalue weighted by Gasteiger charge is -2.26. The molecule has 2 N–H and O–H groups in total. The maximum absolute atomic E-state index is 12.5. The summed E-state index contributed by atoms with van der Waals surface area (Å²) in [7, 11) is 1.62. The van der Waals surface area contributed by atoms with Gasteiger partial charge in [-0.2, -0.15) is 11.8 Å². The van der Waals surface area contributed by atoms with Crippen LogP contribution in [0.1, 0.15) is 10.4 Å². The van der Waals surface area contributed by atoms with E-state index in [0.29, 0.717) is 24.4 Å². The molecule has 0 radical (unpaired) electrons. The molecule has 0 bridgehead atoms. The van der Waals surface area contributed by atoms with Crippen LogP contribution >= 0.6 is 24.2 Å². The van der Waals surface area contributed by atoms with Gasteiger partial charge in [-0.25, -0.2) is 0 Å². The fourth-order valence-electron chi connectivity index (χ4n) is 2.26. The Morgan fingerprint density at radius 2 is 2.04 bits per heavy atom. The predicted octanol–water partition coefficient (Wildman–Crippen LogP) is 1.47. The molecule has 1 heterocycles. The van der Waals surface area contributed by atoms with E-state index in [1.54, 1.807) is 31.4 Å².